The van der Waals surface area contributed by atoms with Gasteiger partial charge in [0, 0.05) is 38.8 Å². The summed E-state index contributed by atoms with van der Waals surface area (Å²) in [7, 11) is 0. The standard InChI is InChI=1S/C16H20F2N4O2/c1-2-5-19-15(23)11-21-6-8-22(9-7-21)16(24)20-14-10-12(17)3-4-13(14)18/h2-4,10H,1,5-9,11H2,(H,19,23)(H,20,24). The highest BCUT2D eigenvalue weighted by Crippen LogP contribution is 2.16. The molecule has 3 amide bonds. The molecule has 1 aromatic rings. The van der Waals surface area contributed by atoms with Crippen LogP contribution in [0.15, 0.2) is 30.9 Å². The fourth-order valence-electron chi connectivity index (χ4n) is 2.34. The Bertz CT molecular complexity index is 616. The van der Waals surface area contributed by atoms with Crippen LogP contribution in [0.25, 0.3) is 0 Å². The first-order chi connectivity index (χ1) is 11.5. The van der Waals surface area contributed by atoms with Crippen LogP contribution in [-0.2, 0) is 4.79 Å². The molecule has 8 heteroatoms. The fraction of sp³-hybridized carbons (Fsp3) is 0.375. The third kappa shape index (κ3) is 5.02. The summed E-state index contributed by atoms with van der Waals surface area (Å²) in [6.45, 7) is 6.05. The van der Waals surface area contributed by atoms with Gasteiger partial charge >= 0.3 is 6.03 Å². The molecule has 0 aliphatic carbocycles. The lowest BCUT2D eigenvalue weighted by atomic mass is 10.3. The average Bonchev–Trinajstić information content (AvgIpc) is 2.57. The fourth-order valence-corrected chi connectivity index (χ4v) is 2.34. The second-order valence-electron chi connectivity index (χ2n) is 5.41. The van der Waals surface area contributed by atoms with Gasteiger partial charge in [0.25, 0.3) is 0 Å². The number of piperazine rings is 1. The van der Waals surface area contributed by atoms with Crippen molar-refractivity contribution in [2.45, 2.75) is 0 Å². The highest BCUT2D eigenvalue weighted by Gasteiger charge is 2.23. The number of amides is 3. The lowest BCUT2D eigenvalue weighted by Crippen LogP contribution is -2.52. The first kappa shape index (κ1) is 17.9. The molecule has 1 heterocycles. The predicted molar refractivity (Wildman–Crippen MR) is 86.6 cm³/mol. The number of carbonyl (C=O) groups excluding carboxylic acids is 2. The largest absolute Gasteiger partial charge is 0.352 e. The minimum absolute atomic E-state index is 0.102. The number of anilines is 1. The van der Waals surface area contributed by atoms with Gasteiger partial charge in [-0.25, -0.2) is 13.6 Å². The van der Waals surface area contributed by atoms with Crippen molar-refractivity contribution in [3.05, 3.63) is 42.5 Å². The number of urea groups is 1. The molecule has 24 heavy (non-hydrogen) atoms. The zero-order valence-electron chi connectivity index (χ0n) is 13.2. The number of nitrogens with zero attached hydrogens (tertiary/aromatic N) is 2. The lowest BCUT2D eigenvalue weighted by molar-refractivity contribution is -0.122. The van der Waals surface area contributed by atoms with Crippen LogP contribution in [0.2, 0.25) is 0 Å². The van der Waals surface area contributed by atoms with E-state index in [0.717, 1.165) is 18.2 Å². The number of benzene rings is 1. The Morgan fingerprint density at radius 3 is 2.58 bits per heavy atom. The van der Waals surface area contributed by atoms with Crippen LogP contribution in [-0.4, -0.2) is 61.0 Å². The van der Waals surface area contributed by atoms with Crippen molar-refractivity contribution < 1.29 is 18.4 Å². The molecule has 2 N–H and O–H groups in total. The maximum Gasteiger partial charge on any atom is 0.322 e. The van der Waals surface area contributed by atoms with Gasteiger partial charge in [0.2, 0.25) is 5.91 Å². The van der Waals surface area contributed by atoms with Crippen LogP contribution in [0.1, 0.15) is 0 Å². The molecule has 0 aromatic heterocycles. The van der Waals surface area contributed by atoms with E-state index in [1.165, 1.54) is 4.90 Å². The van der Waals surface area contributed by atoms with Crippen molar-refractivity contribution in [1.29, 1.82) is 0 Å². The summed E-state index contributed by atoms with van der Waals surface area (Å²) in [6.07, 6.45) is 1.60. The Hall–Kier alpha value is -2.48. The molecule has 0 spiro atoms. The van der Waals surface area contributed by atoms with E-state index in [1.807, 2.05) is 4.90 Å². The van der Waals surface area contributed by atoms with Crippen LogP contribution < -0.4 is 10.6 Å². The van der Waals surface area contributed by atoms with Gasteiger partial charge in [-0.15, -0.1) is 6.58 Å². The number of rotatable bonds is 5. The average molecular weight is 338 g/mol. The minimum Gasteiger partial charge on any atom is -0.352 e. The second-order valence-corrected chi connectivity index (χ2v) is 5.41. The number of carbonyl (C=O) groups is 2. The molecule has 1 aromatic carbocycles. The number of hydrogen-bond donors (Lipinski definition) is 2. The lowest BCUT2D eigenvalue weighted by Gasteiger charge is -2.34. The Balaban J connectivity index is 1.81. The van der Waals surface area contributed by atoms with Crippen LogP contribution in [0.5, 0.6) is 0 Å². The molecule has 0 saturated carbocycles. The van der Waals surface area contributed by atoms with Crippen molar-refractivity contribution in [2.75, 3.05) is 44.6 Å². The molecule has 1 aliphatic heterocycles. The highest BCUT2D eigenvalue weighted by atomic mass is 19.1. The first-order valence-corrected chi connectivity index (χ1v) is 7.60. The van der Waals surface area contributed by atoms with Crippen molar-refractivity contribution in [2.24, 2.45) is 0 Å². The zero-order chi connectivity index (χ0) is 17.5. The van der Waals surface area contributed by atoms with E-state index in [1.54, 1.807) is 6.08 Å². The molecule has 130 valence electrons. The van der Waals surface area contributed by atoms with E-state index in [9.17, 15) is 18.4 Å². The zero-order valence-corrected chi connectivity index (χ0v) is 13.2. The molecule has 1 fully saturated rings. The summed E-state index contributed by atoms with van der Waals surface area (Å²) in [5.41, 5.74) is -0.189. The Labute approximate surface area is 139 Å². The Morgan fingerprint density at radius 2 is 1.92 bits per heavy atom. The van der Waals surface area contributed by atoms with Crippen molar-refractivity contribution in [1.82, 2.24) is 15.1 Å². The number of hydrogen-bond acceptors (Lipinski definition) is 3. The van der Waals surface area contributed by atoms with Crippen molar-refractivity contribution >= 4 is 17.6 Å². The van der Waals surface area contributed by atoms with Crippen molar-refractivity contribution in [3.63, 3.8) is 0 Å². The number of halogens is 2. The van der Waals surface area contributed by atoms with Gasteiger partial charge in [-0.2, -0.15) is 0 Å². The topological polar surface area (TPSA) is 64.7 Å². The monoisotopic (exact) mass is 338 g/mol. The predicted octanol–water partition coefficient (Wildman–Crippen LogP) is 1.42. The Morgan fingerprint density at radius 1 is 1.21 bits per heavy atom. The van der Waals surface area contributed by atoms with Gasteiger partial charge in [-0.05, 0) is 12.1 Å². The SMILES string of the molecule is C=CCNC(=O)CN1CCN(C(=O)Nc2cc(F)ccc2F)CC1. The van der Waals surface area contributed by atoms with Crippen LogP contribution >= 0.6 is 0 Å². The van der Waals surface area contributed by atoms with E-state index in [2.05, 4.69) is 17.2 Å². The van der Waals surface area contributed by atoms with E-state index in [-0.39, 0.29) is 18.1 Å². The van der Waals surface area contributed by atoms with E-state index < -0.39 is 17.7 Å². The van der Waals surface area contributed by atoms with Gasteiger partial charge in [-0.3, -0.25) is 9.69 Å². The molecule has 0 radical (unpaired) electrons. The minimum atomic E-state index is -0.692. The Kier molecular flexibility index (Phi) is 6.25. The highest BCUT2D eigenvalue weighted by molar-refractivity contribution is 5.89. The maximum atomic E-state index is 13.5. The van der Waals surface area contributed by atoms with Gasteiger partial charge in [0.05, 0.1) is 12.2 Å². The second kappa shape index (κ2) is 8.39. The van der Waals surface area contributed by atoms with Crippen LogP contribution in [0.4, 0.5) is 19.3 Å². The molecule has 2 rings (SSSR count). The smallest absolute Gasteiger partial charge is 0.322 e. The summed E-state index contributed by atoms with van der Waals surface area (Å²) in [6, 6.07) is 2.40. The van der Waals surface area contributed by atoms with Gasteiger partial charge in [0.15, 0.2) is 0 Å². The van der Waals surface area contributed by atoms with Crippen LogP contribution in [0, 0.1) is 11.6 Å². The van der Waals surface area contributed by atoms with E-state index in [0.29, 0.717) is 32.7 Å². The molecular formula is C16H20F2N4O2. The molecule has 6 nitrogen and oxygen atoms in total. The summed E-state index contributed by atoms with van der Waals surface area (Å²) in [5.74, 6) is -1.42. The third-order valence-corrected chi connectivity index (χ3v) is 3.64. The summed E-state index contributed by atoms with van der Waals surface area (Å²) in [4.78, 5) is 27.2. The summed E-state index contributed by atoms with van der Waals surface area (Å²) in [5, 5.41) is 5.06. The van der Waals surface area contributed by atoms with Gasteiger partial charge in [0.1, 0.15) is 11.6 Å². The van der Waals surface area contributed by atoms with Gasteiger partial charge in [-0.1, -0.05) is 6.08 Å². The molecular weight excluding hydrogens is 318 g/mol. The summed E-state index contributed by atoms with van der Waals surface area (Å²) >= 11 is 0. The summed E-state index contributed by atoms with van der Waals surface area (Å²) < 4.78 is 26.7. The molecule has 0 unspecified atom stereocenters. The first-order valence-electron chi connectivity index (χ1n) is 7.60. The molecule has 0 atom stereocenters. The quantitative estimate of drug-likeness (QED) is 0.798. The molecule has 1 saturated heterocycles. The van der Waals surface area contributed by atoms with Gasteiger partial charge < -0.3 is 15.5 Å². The maximum absolute atomic E-state index is 13.5. The molecule has 0 bridgehead atoms. The van der Waals surface area contributed by atoms with E-state index >= 15 is 0 Å². The van der Waals surface area contributed by atoms with Crippen molar-refractivity contribution in [3.8, 4) is 0 Å². The number of nitrogens with one attached hydrogen (secondary N) is 2. The van der Waals surface area contributed by atoms with Crippen LogP contribution in [0.3, 0.4) is 0 Å². The molecule has 1 aliphatic rings. The van der Waals surface area contributed by atoms with E-state index in [4.69, 9.17) is 0 Å². The normalized spacial score (nSPS) is 15.0. The third-order valence-electron chi connectivity index (χ3n) is 3.64.